The molecule has 198 valence electrons. The van der Waals surface area contributed by atoms with E-state index in [9.17, 15) is 9.59 Å². The molecule has 3 aromatic carbocycles. The summed E-state index contributed by atoms with van der Waals surface area (Å²) >= 11 is 1.73. The van der Waals surface area contributed by atoms with E-state index in [4.69, 9.17) is 9.47 Å². The van der Waals surface area contributed by atoms with Crippen molar-refractivity contribution in [3.05, 3.63) is 95.4 Å². The van der Waals surface area contributed by atoms with Gasteiger partial charge in [0.2, 0.25) is 0 Å². The Morgan fingerprint density at radius 3 is 2.21 bits per heavy atom. The fourth-order valence-corrected chi connectivity index (χ4v) is 5.46. The first-order chi connectivity index (χ1) is 18.4. The Kier molecular flexibility index (Phi) is 9.68. The second-order valence-electron chi connectivity index (χ2n) is 9.79. The molecule has 4 rings (SSSR count). The van der Waals surface area contributed by atoms with Gasteiger partial charge in [-0.2, -0.15) is 0 Å². The van der Waals surface area contributed by atoms with Crippen LogP contribution in [0.2, 0.25) is 0 Å². The molecule has 2 atom stereocenters. The molecule has 0 aliphatic carbocycles. The van der Waals surface area contributed by atoms with Crippen molar-refractivity contribution in [2.75, 3.05) is 6.61 Å². The molecule has 0 saturated heterocycles. The Hall–Kier alpha value is -3.48. The summed E-state index contributed by atoms with van der Waals surface area (Å²) in [6, 6.07) is 24.9. The van der Waals surface area contributed by atoms with Gasteiger partial charge >= 0.3 is 11.9 Å². The minimum Gasteiger partial charge on any atom is -0.465 e. The molecule has 1 unspecified atom stereocenters. The standard InChI is InChI=1S/C32H35NO4S/c1-4-36-31(34)29(33-28(18-22(2)3)32(35)37-20-24-10-6-5-7-11-24)19-23-14-16-25(17-15-23)27-21-38-30-13-9-8-12-26(27)30/h5-17,21-22,28-29,33H,4,18-20H2,1-3H3/t28-,29?/m0/s1. The van der Waals surface area contributed by atoms with Crippen molar-refractivity contribution in [1.29, 1.82) is 0 Å². The Morgan fingerprint density at radius 1 is 0.816 bits per heavy atom. The summed E-state index contributed by atoms with van der Waals surface area (Å²) in [4.78, 5) is 26.0. The molecule has 0 spiro atoms. The summed E-state index contributed by atoms with van der Waals surface area (Å²) in [5.74, 6) is -0.499. The Labute approximate surface area is 228 Å². The van der Waals surface area contributed by atoms with Crippen LogP contribution in [0, 0.1) is 5.92 Å². The van der Waals surface area contributed by atoms with Gasteiger partial charge in [-0.25, -0.2) is 0 Å². The molecule has 0 saturated carbocycles. The summed E-state index contributed by atoms with van der Waals surface area (Å²) in [6.45, 7) is 6.35. The average Bonchev–Trinajstić information content (AvgIpc) is 3.36. The van der Waals surface area contributed by atoms with E-state index in [1.165, 1.54) is 15.6 Å². The summed E-state index contributed by atoms with van der Waals surface area (Å²) in [6.07, 6.45) is 0.956. The first kappa shape index (κ1) is 27.6. The highest BCUT2D eigenvalue weighted by atomic mass is 32.1. The minimum absolute atomic E-state index is 0.193. The molecule has 0 aliphatic heterocycles. The van der Waals surface area contributed by atoms with Crippen LogP contribution in [0.25, 0.3) is 21.2 Å². The van der Waals surface area contributed by atoms with Crippen molar-refractivity contribution < 1.29 is 19.1 Å². The van der Waals surface area contributed by atoms with Crippen molar-refractivity contribution in [1.82, 2.24) is 5.32 Å². The van der Waals surface area contributed by atoms with Crippen molar-refractivity contribution >= 4 is 33.4 Å². The maximum absolute atomic E-state index is 13.1. The van der Waals surface area contributed by atoms with Gasteiger partial charge in [0.1, 0.15) is 18.7 Å². The zero-order chi connectivity index (χ0) is 26.9. The molecule has 1 heterocycles. The number of hydrogen-bond donors (Lipinski definition) is 1. The van der Waals surface area contributed by atoms with Gasteiger partial charge in [0, 0.05) is 15.6 Å². The van der Waals surface area contributed by atoms with Crippen molar-refractivity contribution in [2.45, 2.75) is 52.3 Å². The van der Waals surface area contributed by atoms with Crippen LogP contribution in [0.3, 0.4) is 0 Å². The summed E-state index contributed by atoms with van der Waals surface area (Å²) in [5, 5.41) is 6.69. The third kappa shape index (κ3) is 7.30. The zero-order valence-corrected chi connectivity index (χ0v) is 23.0. The number of thiophene rings is 1. The lowest BCUT2D eigenvalue weighted by molar-refractivity contribution is -0.150. The minimum atomic E-state index is -0.671. The number of carbonyl (C=O) groups is 2. The van der Waals surface area contributed by atoms with E-state index < -0.39 is 12.1 Å². The molecule has 5 nitrogen and oxygen atoms in total. The fourth-order valence-electron chi connectivity index (χ4n) is 4.49. The third-order valence-electron chi connectivity index (χ3n) is 6.37. The van der Waals surface area contributed by atoms with Crippen LogP contribution in [-0.2, 0) is 32.1 Å². The van der Waals surface area contributed by atoms with E-state index in [-0.39, 0.29) is 31.1 Å². The third-order valence-corrected chi connectivity index (χ3v) is 7.34. The number of benzene rings is 3. The highest BCUT2D eigenvalue weighted by molar-refractivity contribution is 7.17. The molecular weight excluding hydrogens is 494 g/mol. The van der Waals surface area contributed by atoms with Crippen LogP contribution >= 0.6 is 11.3 Å². The van der Waals surface area contributed by atoms with Crippen molar-refractivity contribution in [3.63, 3.8) is 0 Å². The van der Waals surface area contributed by atoms with E-state index in [1.54, 1.807) is 18.3 Å². The smallest absolute Gasteiger partial charge is 0.323 e. The maximum Gasteiger partial charge on any atom is 0.323 e. The van der Waals surface area contributed by atoms with Crippen molar-refractivity contribution in [2.24, 2.45) is 5.92 Å². The van der Waals surface area contributed by atoms with Crippen LogP contribution in [0.4, 0.5) is 0 Å². The monoisotopic (exact) mass is 529 g/mol. The van der Waals surface area contributed by atoms with Gasteiger partial charge in [-0.15, -0.1) is 11.3 Å². The number of hydrogen-bond acceptors (Lipinski definition) is 6. The normalized spacial score (nSPS) is 12.8. The number of carbonyl (C=O) groups excluding carboxylic acids is 2. The van der Waals surface area contributed by atoms with E-state index in [0.717, 1.165) is 16.7 Å². The van der Waals surface area contributed by atoms with Gasteiger partial charge in [0.05, 0.1) is 6.61 Å². The van der Waals surface area contributed by atoms with Gasteiger partial charge in [-0.1, -0.05) is 86.6 Å². The highest BCUT2D eigenvalue weighted by Crippen LogP contribution is 2.33. The largest absolute Gasteiger partial charge is 0.465 e. The SMILES string of the molecule is CCOC(=O)C(Cc1ccc(-c2csc3ccccc23)cc1)N[C@@H](CC(C)C)C(=O)OCc1ccccc1. The molecule has 1 N–H and O–H groups in total. The molecule has 0 aliphatic rings. The van der Waals surface area contributed by atoms with Gasteiger partial charge in [0.15, 0.2) is 0 Å². The predicted molar refractivity (Wildman–Crippen MR) is 154 cm³/mol. The van der Waals surface area contributed by atoms with Gasteiger partial charge in [-0.3, -0.25) is 14.9 Å². The molecule has 0 fully saturated rings. The van der Waals surface area contributed by atoms with Crippen LogP contribution in [0.15, 0.2) is 84.2 Å². The van der Waals surface area contributed by atoms with E-state index in [2.05, 4.69) is 47.1 Å². The lowest BCUT2D eigenvalue weighted by Crippen LogP contribution is -2.50. The summed E-state index contributed by atoms with van der Waals surface area (Å²) < 4.78 is 12.2. The quantitative estimate of drug-likeness (QED) is 0.205. The van der Waals surface area contributed by atoms with Crippen LogP contribution in [0.1, 0.15) is 38.3 Å². The number of fused-ring (bicyclic) bond motifs is 1. The molecule has 0 bridgehead atoms. The number of ether oxygens (including phenoxy) is 2. The molecule has 0 amide bonds. The second kappa shape index (κ2) is 13.4. The van der Waals surface area contributed by atoms with Gasteiger partial charge < -0.3 is 9.47 Å². The highest BCUT2D eigenvalue weighted by Gasteiger charge is 2.29. The summed E-state index contributed by atoms with van der Waals surface area (Å²) in [5.41, 5.74) is 4.24. The van der Waals surface area contributed by atoms with E-state index >= 15 is 0 Å². The molecule has 6 heteroatoms. The Morgan fingerprint density at radius 2 is 1.50 bits per heavy atom. The summed E-state index contributed by atoms with van der Waals surface area (Å²) in [7, 11) is 0. The van der Waals surface area contributed by atoms with Crippen LogP contribution < -0.4 is 5.32 Å². The first-order valence-electron chi connectivity index (χ1n) is 13.1. The molecule has 1 aromatic heterocycles. The van der Waals surface area contributed by atoms with Gasteiger partial charge in [-0.05, 0) is 53.8 Å². The number of esters is 2. The van der Waals surface area contributed by atoms with E-state index in [0.29, 0.717) is 12.8 Å². The zero-order valence-electron chi connectivity index (χ0n) is 22.2. The molecule has 4 aromatic rings. The van der Waals surface area contributed by atoms with Gasteiger partial charge in [0.25, 0.3) is 0 Å². The molecule has 38 heavy (non-hydrogen) atoms. The van der Waals surface area contributed by atoms with Crippen LogP contribution in [0.5, 0.6) is 0 Å². The predicted octanol–water partition coefficient (Wildman–Crippen LogP) is 6.79. The fraction of sp³-hybridized carbons (Fsp3) is 0.312. The topological polar surface area (TPSA) is 64.6 Å². The van der Waals surface area contributed by atoms with E-state index in [1.807, 2.05) is 56.3 Å². The van der Waals surface area contributed by atoms with Crippen LogP contribution in [-0.4, -0.2) is 30.6 Å². The molecule has 0 radical (unpaired) electrons. The molecular formula is C32H35NO4S. The first-order valence-corrected chi connectivity index (χ1v) is 14.0. The maximum atomic E-state index is 13.1. The second-order valence-corrected chi connectivity index (χ2v) is 10.7. The Bertz CT molecular complexity index is 1330. The Balaban J connectivity index is 1.48. The van der Waals surface area contributed by atoms with Crippen molar-refractivity contribution in [3.8, 4) is 11.1 Å². The lowest BCUT2D eigenvalue weighted by atomic mass is 9.98. The number of nitrogens with one attached hydrogen (secondary N) is 1. The lowest BCUT2D eigenvalue weighted by Gasteiger charge is -2.25. The average molecular weight is 530 g/mol. The number of rotatable bonds is 12.